The molecule has 0 spiro atoms. The molecule has 1 saturated carbocycles. The predicted molar refractivity (Wildman–Crippen MR) is 75.3 cm³/mol. The van der Waals surface area contributed by atoms with E-state index in [0.29, 0.717) is 5.75 Å². The number of ether oxygens (including phenoxy) is 1. The molecule has 1 aromatic rings. The maximum atomic E-state index is 11.7. The number of carbonyl (C=O) groups excluding carboxylic acids is 1. The number of rotatable bonds is 4. The lowest BCUT2D eigenvalue weighted by Gasteiger charge is -2.20. The van der Waals surface area contributed by atoms with Gasteiger partial charge in [-0.3, -0.25) is 0 Å². The lowest BCUT2D eigenvalue weighted by Crippen LogP contribution is -2.36. The standard InChI is InChI=1S/C15H22N2O2/c1-11(17(3)4)12-6-5-7-13(10-12)19-14(18)16-15(2)8-9-15/h5-7,10-11H,8-9H2,1-4H3,(H,16,18)/t11-/m0/s1. The zero-order chi connectivity index (χ0) is 14.0. The van der Waals surface area contributed by atoms with E-state index in [4.69, 9.17) is 4.74 Å². The number of hydrogen-bond donors (Lipinski definition) is 1. The normalized spacial score (nSPS) is 17.9. The maximum Gasteiger partial charge on any atom is 0.413 e. The van der Waals surface area contributed by atoms with Crippen LogP contribution in [0.25, 0.3) is 0 Å². The summed E-state index contributed by atoms with van der Waals surface area (Å²) in [5.41, 5.74) is 1.08. The Morgan fingerprint density at radius 1 is 1.42 bits per heavy atom. The monoisotopic (exact) mass is 262 g/mol. The first kappa shape index (κ1) is 13.9. The molecule has 1 aromatic carbocycles. The Hall–Kier alpha value is -1.55. The van der Waals surface area contributed by atoms with E-state index in [9.17, 15) is 4.79 Å². The van der Waals surface area contributed by atoms with Crippen LogP contribution in [0, 0.1) is 0 Å². The molecule has 0 aliphatic heterocycles. The molecule has 2 rings (SSSR count). The quantitative estimate of drug-likeness (QED) is 0.907. The van der Waals surface area contributed by atoms with Crippen molar-refractivity contribution in [1.29, 1.82) is 0 Å². The minimum Gasteiger partial charge on any atom is -0.410 e. The van der Waals surface area contributed by atoms with E-state index in [1.54, 1.807) is 6.07 Å². The molecule has 1 amide bonds. The Balaban J connectivity index is 2.00. The van der Waals surface area contributed by atoms with Gasteiger partial charge in [0.15, 0.2) is 0 Å². The molecule has 0 heterocycles. The lowest BCUT2D eigenvalue weighted by atomic mass is 10.1. The van der Waals surface area contributed by atoms with Crippen molar-refractivity contribution in [3.63, 3.8) is 0 Å². The molecule has 0 bridgehead atoms. The Kier molecular flexibility index (Phi) is 3.80. The molecule has 0 unspecified atom stereocenters. The van der Waals surface area contributed by atoms with E-state index in [2.05, 4.69) is 17.1 Å². The van der Waals surface area contributed by atoms with Crippen molar-refractivity contribution in [3.05, 3.63) is 29.8 Å². The van der Waals surface area contributed by atoms with Crippen LogP contribution in [-0.2, 0) is 0 Å². The van der Waals surface area contributed by atoms with Gasteiger partial charge in [0, 0.05) is 11.6 Å². The van der Waals surface area contributed by atoms with Gasteiger partial charge in [0.05, 0.1) is 0 Å². The summed E-state index contributed by atoms with van der Waals surface area (Å²) in [6, 6.07) is 7.96. The van der Waals surface area contributed by atoms with Gasteiger partial charge >= 0.3 is 6.09 Å². The van der Waals surface area contributed by atoms with E-state index in [1.807, 2.05) is 39.2 Å². The molecule has 104 valence electrons. The van der Waals surface area contributed by atoms with Gasteiger partial charge in [0.25, 0.3) is 0 Å². The number of nitrogens with one attached hydrogen (secondary N) is 1. The van der Waals surface area contributed by atoms with Crippen molar-refractivity contribution < 1.29 is 9.53 Å². The lowest BCUT2D eigenvalue weighted by molar-refractivity contribution is 0.195. The second-order valence-electron chi connectivity index (χ2n) is 5.79. The molecule has 1 aliphatic rings. The van der Waals surface area contributed by atoms with Crippen molar-refractivity contribution in [2.45, 2.75) is 38.3 Å². The Labute approximate surface area is 114 Å². The van der Waals surface area contributed by atoms with Crippen LogP contribution in [0.5, 0.6) is 5.75 Å². The SMILES string of the molecule is C[C@@H](c1cccc(OC(=O)NC2(C)CC2)c1)N(C)C. The highest BCUT2D eigenvalue weighted by atomic mass is 16.6. The summed E-state index contributed by atoms with van der Waals surface area (Å²) in [5, 5.41) is 2.88. The van der Waals surface area contributed by atoms with Crippen LogP contribution in [0.1, 0.15) is 38.3 Å². The minimum atomic E-state index is -0.366. The molecule has 1 fully saturated rings. The van der Waals surface area contributed by atoms with Gasteiger partial charge < -0.3 is 15.0 Å². The van der Waals surface area contributed by atoms with Gasteiger partial charge in [-0.25, -0.2) is 4.79 Å². The largest absolute Gasteiger partial charge is 0.413 e. The third kappa shape index (κ3) is 3.70. The summed E-state index contributed by atoms with van der Waals surface area (Å²) in [7, 11) is 4.05. The van der Waals surface area contributed by atoms with Crippen LogP contribution >= 0.6 is 0 Å². The molecule has 4 heteroatoms. The van der Waals surface area contributed by atoms with Gasteiger partial charge in [-0.1, -0.05) is 12.1 Å². The van der Waals surface area contributed by atoms with Gasteiger partial charge in [-0.05, 0) is 58.5 Å². The summed E-state index contributed by atoms with van der Waals surface area (Å²) >= 11 is 0. The topological polar surface area (TPSA) is 41.6 Å². The highest BCUT2D eigenvalue weighted by Crippen LogP contribution is 2.34. The minimum absolute atomic E-state index is 0.0500. The van der Waals surface area contributed by atoms with Crippen molar-refractivity contribution in [1.82, 2.24) is 10.2 Å². The zero-order valence-corrected chi connectivity index (χ0v) is 12.1. The molecule has 0 radical (unpaired) electrons. The third-order valence-corrected chi connectivity index (χ3v) is 3.73. The van der Waals surface area contributed by atoms with Crippen LogP contribution in [0.2, 0.25) is 0 Å². The highest BCUT2D eigenvalue weighted by Gasteiger charge is 2.39. The second kappa shape index (κ2) is 5.21. The number of benzene rings is 1. The van der Waals surface area contributed by atoms with Crippen LogP contribution in [-0.4, -0.2) is 30.6 Å². The van der Waals surface area contributed by atoms with Crippen LogP contribution in [0.3, 0.4) is 0 Å². The van der Waals surface area contributed by atoms with Crippen molar-refractivity contribution >= 4 is 6.09 Å². The second-order valence-corrected chi connectivity index (χ2v) is 5.79. The van der Waals surface area contributed by atoms with Gasteiger partial charge in [-0.15, -0.1) is 0 Å². The maximum absolute atomic E-state index is 11.7. The van der Waals surface area contributed by atoms with Crippen molar-refractivity contribution in [2.24, 2.45) is 0 Å². The Bertz CT molecular complexity index is 467. The van der Waals surface area contributed by atoms with Crippen LogP contribution in [0.15, 0.2) is 24.3 Å². The summed E-state index contributed by atoms with van der Waals surface area (Å²) in [4.78, 5) is 13.9. The van der Waals surface area contributed by atoms with Gasteiger partial charge in [0.1, 0.15) is 5.75 Å². The summed E-state index contributed by atoms with van der Waals surface area (Å²) in [5.74, 6) is 0.591. The fraction of sp³-hybridized carbons (Fsp3) is 0.533. The molecule has 19 heavy (non-hydrogen) atoms. The van der Waals surface area contributed by atoms with Gasteiger partial charge in [-0.2, -0.15) is 0 Å². The van der Waals surface area contributed by atoms with Crippen LogP contribution < -0.4 is 10.1 Å². The molecular weight excluding hydrogens is 240 g/mol. The Morgan fingerprint density at radius 2 is 2.11 bits per heavy atom. The molecule has 4 nitrogen and oxygen atoms in total. The first-order chi connectivity index (χ1) is 8.89. The first-order valence-electron chi connectivity index (χ1n) is 6.66. The van der Waals surface area contributed by atoms with Crippen molar-refractivity contribution in [3.8, 4) is 5.75 Å². The summed E-state index contributed by atoms with van der Waals surface area (Å²) in [6.45, 7) is 4.14. The number of hydrogen-bond acceptors (Lipinski definition) is 3. The average molecular weight is 262 g/mol. The average Bonchev–Trinajstić information content (AvgIpc) is 3.05. The Morgan fingerprint density at radius 3 is 2.68 bits per heavy atom. The van der Waals surface area contributed by atoms with E-state index in [1.165, 1.54) is 0 Å². The number of amides is 1. The van der Waals surface area contributed by atoms with E-state index < -0.39 is 0 Å². The summed E-state index contributed by atoms with van der Waals surface area (Å²) < 4.78 is 5.33. The smallest absolute Gasteiger partial charge is 0.410 e. The molecule has 1 aliphatic carbocycles. The van der Waals surface area contributed by atoms with Crippen LogP contribution in [0.4, 0.5) is 4.79 Å². The molecule has 1 N–H and O–H groups in total. The first-order valence-corrected chi connectivity index (χ1v) is 6.66. The highest BCUT2D eigenvalue weighted by molar-refractivity contribution is 5.71. The molecule has 0 saturated heterocycles. The number of carbonyl (C=O) groups is 1. The third-order valence-electron chi connectivity index (χ3n) is 3.73. The van der Waals surface area contributed by atoms with Crippen molar-refractivity contribution in [2.75, 3.05) is 14.1 Å². The van der Waals surface area contributed by atoms with Gasteiger partial charge in [0.2, 0.25) is 0 Å². The fourth-order valence-corrected chi connectivity index (χ4v) is 1.83. The number of nitrogens with zero attached hydrogens (tertiary/aromatic N) is 1. The zero-order valence-electron chi connectivity index (χ0n) is 12.1. The molecule has 0 aromatic heterocycles. The molecule has 1 atom stereocenters. The summed E-state index contributed by atoms with van der Waals surface area (Å²) in [6.07, 6.45) is 1.69. The predicted octanol–water partition coefficient (Wildman–Crippen LogP) is 2.95. The van der Waals surface area contributed by atoms with E-state index in [-0.39, 0.29) is 17.7 Å². The molecular formula is C15H22N2O2. The van der Waals surface area contributed by atoms with E-state index >= 15 is 0 Å². The fourth-order valence-electron chi connectivity index (χ4n) is 1.83. The van der Waals surface area contributed by atoms with E-state index in [0.717, 1.165) is 18.4 Å².